The number of nitrogens with one attached hydrogen (secondary N) is 1. The second kappa shape index (κ2) is 8.21. The number of benzene rings is 2. The summed E-state index contributed by atoms with van der Waals surface area (Å²) < 4.78 is 5.27. The van der Waals surface area contributed by atoms with Crippen molar-refractivity contribution in [3.05, 3.63) is 64.2 Å². The van der Waals surface area contributed by atoms with Gasteiger partial charge in [-0.1, -0.05) is 24.3 Å². The van der Waals surface area contributed by atoms with Gasteiger partial charge in [0.25, 0.3) is 5.69 Å². The van der Waals surface area contributed by atoms with Crippen LogP contribution >= 0.6 is 11.8 Å². The average Bonchev–Trinajstić information content (AvgIpc) is 2.58. The number of thioether (sulfide) groups is 1. The summed E-state index contributed by atoms with van der Waals surface area (Å²) in [4.78, 5) is 21.4. The fraction of sp³-hybridized carbons (Fsp3) is 0.188. The molecule has 0 bridgehead atoms. The number of anilines is 1. The quantitative estimate of drug-likeness (QED) is 0.427. The SMILES string of the molecule is COc1ccccc1NC(SCC(=O)O)c1cccc([N+](=O)[O-])c1. The van der Waals surface area contributed by atoms with Gasteiger partial charge in [-0.05, 0) is 17.7 Å². The third-order valence-electron chi connectivity index (χ3n) is 3.15. The summed E-state index contributed by atoms with van der Waals surface area (Å²) >= 11 is 1.13. The first kappa shape index (κ1) is 17.6. The Morgan fingerprint density at radius 1 is 1.33 bits per heavy atom. The number of hydrogen-bond acceptors (Lipinski definition) is 6. The first-order valence-electron chi connectivity index (χ1n) is 6.98. The van der Waals surface area contributed by atoms with Gasteiger partial charge >= 0.3 is 5.97 Å². The molecule has 0 saturated carbocycles. The molecule has 0 heterocycles. The fourth-order valence-electron chi connectivity index (χ4n) is 2.08. The van der Waals surface area contributed by atoms with E-state index >= 15 is 0 Å². The van der Waals surface area contributed by atoms with Crippen LogP contribution in [0.15, 0.2) is 48.5 Å². The number of carbonyl (C=O) groups is 1. The fourth-order valence-corrected chi connectivity index (χ4v) is 2.94. The molecule has 2 aromatic rings. The van der Waals surface area contributed by atoms with Crippen LogP contribution in [-0.4, -0.2) is 28.9 Å². The number of non-ortho nitro benzene ring substituents is 1. The third-order valence-corrected chi connectivity index (χ3v) is 4.29. The van der Waals surface area contributed by atoms with Gasteiger partial charge in [-0.25, -0.2) is 0 Å². The lowest BCUT2D eigenvalue weighted by atomic mass is 10.2. The third kappa shape index (κ3) is 4.63. The van der Waals surface area contributed by atoms with Crippen molar-refractivity contribution in [2.45, 2.75) is 5.37 Å². The van der Waals surface area contributed by atoms with Crippen molar-refractivity contribution in [2.24, 2.45) is 0 Å². The second-order valence-corrected chi connectivity index (χ2v) is 5.87. The Hall–Kier alpha value is -2.74. The number of methoxy groups -OCH3 is 1. The van der Waals surface area contributed by atoms with Crippen molar-refractivity contribution >= 4 is 29.1 Å². The number of carboxylic acid groups (broad SMARTS) is 1. The van der Waals surface area contributed by atoms with E-state index in [-0.39, 0.29) is 11.4 Å². The van der Waals surface area contributed by atoms with Crippen molar-refractivity contribution in [3.63, 3.8) is 0 Å². The number of ether oxygens (including phenoxy) is 1. The monoisotopic (exact) mass is 348 g/mol. The number of aliphatic carboxylic acids is 1. The molecule has 2 rings (SSSR count). The highest BCUT2D eigenvalue weighted by molar-refractivity contribution is 8.00. The first-order valence-corrected chi connectivity index (χ1v) is 8.03. The molecule has 2 aromatic carbocycles. The van der Waals surface area contributed by atoms with E-state index < -0.39 is 16.3 Å². The van der Waals surface area contributed by atoms with Crippen LogP contribution in [0.4, 0.5) is 11.4 Å². The number of hydrogen-bond donors (Lipinski definition) is 2. The van der Waals surface area contributed by atoms with Crippen molar-refractivity contribution < 1.29 is 19.6 Å². The summed E-state index contributed by atoms with van der Waals surface area (Å²) in [7, 11) is 1.53. The summed E-state index contributed by atoms with van der Waals surface area (Å²) in [5.74, 6) is -0.503. The van der Waals surface area contributed by atoms with Gasteiger partial charge in [-0.2, -0.15) is 0 Å². The van der Waals surface area contributed by atoms with Crippen LogP contribution in [0.1, 0.15) is 10.9 Å². The normalized spacial score (nSPS) is 11.5. The van der Waals surface area contributed by atoms with E-state index in [1.165, 1.54) is 19.2 Å². The molecule has 0 aliphatic carbocycles. The summed E-state index contributed by atoms with van der Waals surface area (Å²) in [6.07, 6.45) is 0. The van der Waals surface area contributed by atoms with E-state index in [0.29, 0.717) is 17.0 Å². The van der Waals surface area contributed by atoms with Gasteiger partial charge in [-0.3, -0.25) is 14.9 Å². The lowest BCUT2D eigenvalue weighted by molar-refractivity contribution is -0.384. The molecule has 2 N–H and O–H groups in total. The predicted molar refractivity (Wildman–Crippen MR) is 92.5 cm³/mol. The second-order valence-electron chi connectivity index (χ2n) is 4.78. The summed E-state index contributed by atoms with van der Waals surface area (Å²) in [5.41, 5.74) is 1.24. The molecule has 0 amide bonds. The summed E-state index contributed by atoms with van der Waals surface area (Å²) in [6, 6.07) is 13.3. The Balaban J connectivity index is 2.32. The molecule has 126 valence electrons. The topological polar surface area (TPSA) is 102 Å². The van der Waals surface area contributed by atoms with E-state index in [4.69, 9.17) is 9.84 Å². The lowest BCUT2D eigenvalue weighted by Crippen LogP contribution is -2.11. The number of carboxylic acids is 1. The zero-order chi connectivity index (χ0) is 17.5. The van der Waals surface area contributed by atoms with Crippen LogP contribution in [-0.2, 0) is 4.79 Å². The average molecular weight is 348 g/mol. The van der Waals surface area contributed by atoms with E-state index in [1.54, 1.807) is 24.3 Å². The first-order chi connectivity index (χ1) is 11.5. The van der Waals surface area contributed by atoms with Crippen LogP contribution in [0, 0.1) is 10.1 Å². The standard InChI is InChI=1S/C16H16N2O5S/c1-23-14-8-3-2-7-13(14)17-16(24-10-15(19)20)11-5-4-6-12(9-11)18(21)22/h2-9,16-17H,10H2,1H3,(H,19,20). The molecule has 8 heteroatoms. The largest absolute Gasteiger partial charge is 0.495 e. The van der Waals surface area contributed by atoms with Crippen LogP contribution in [0.5, 0.6) is 5.75 Å². The van der Waals surface area contributed by atoms with Crippen LogP contribution < -0.4 is 10.1 Å². The smallest absolute Gasteiger partial charge is 0.313 e. The minimum atomic E-state index is -0.961. The predicted octanol–water partition coefficient (Wildman–Crippen LogP) is 3.53. The minimum Gasteiger partial charge on any atom is -0.495 e. The van der Waals surface area contributed by atoms with Crippen molar-refractivity contribution in [2.75, 3.05) is 18.2 Å². The number of nitro benzene ring substituents is 1. The number of nitro groups is 1. The molecule has 0 aliphatic rings. The Kier molecular flexibility index (Phi) is 6.02. The maximum atomic E-state index is 11.0. The molecule has 0 saturated heterocycles. The molecule has 0 fully saturated rings. The van der Waals surface area contributed by atoms with Crippen LogP contribution in [0.3, 0.4) is 0 Å². The Labute approximate surface area is 142 Å². The van der Waals surface area contributed by atoms with Gasteiger partial charge in [0.2, 0.25) is 0 Å². The number of para-hydroxylation sites is 2. The minimum absolute atomic E-state index is 0.0461. The van der Waals surface area contributed by atoms with E-state index in [1.807, 2.05) is 12.1 Å². The maximum absolute atomic E-state index is 11.0. The molecule has 7 nitrogen and oxygen atoms in total. The highest BCUT2D eigenvalue weighted by Crippen LogP contribution is 2.35. The van der Waals surface area contributed by atoms with Gasteiger partial charge in [-0.15, -0.1) is 11.8 Å². The molecule has 1 unspecified atom stereocenters. The molecule has 0 spiro atoms. The van der Waals surface area contributed by atoms with Gasteiger partial charge < -0.3 is 15.2 Å². The molecular weight excluding hydrogens is 332 g/mol. The Morgan fingerprint density at radius 3 is 2.75 bits per heavy atom. The van der Waals surface area contributed by atoms with E-state index in [9.17, 15) is 14.9 Å². The number of nitrogens with zero attached hydrogens (tertiary/aromatic N) is 1. The Morgan fingerprint density at radius 2 is 2.08 bits per heavy atom. The molecule has 0 aromatic heterocycles. The molecule has 24 heavy (non-hydrogen) atoms. The van der Waals surface area contributed by atoms with Gasteiger partial charge in [0, 0.05) is 12.1 Å². The Bertz CT molecular complexity index is 738. The van der Waals surface area contributed by atoms with Crippen molar-refractivity contribution in [1.29, 1.82) is 0 Å². The van der Waals surface area contributed by atoms with Crippen molar-refractivity contribution in [3.8, 4) is 5.75 Å². The molecular formula is C16H16N2O5S. The van der Waals surface area contributed by atoms with Gasteiger partial charge in [0.05, 0.1) is 28.8 Å². The lowest BCUT2D eigenvalue weighted by Gasteiger charge is -2.20. The van der Waals surface area contributed by atoms with E-state index in [2.05, 4.69) is 5.32 Å². The molecule has 0 radical (unpaired) electrons. The summed E-state index contributed by atoms with van der Waals surface area (Å²) in [5, 5.41) is 22.6. The van der Waals surface area contributed by atoms with Gasteiger partial charge in [0.1, 0.15) is 5.75 Å². The maximum Gasteiger partial charge on any atom is 0.313 e. The van der Waals surface area contributed by atoms with Gasteiger partial charge in [0.15, 0.2) is 0 Å². The highest BCUT2D eigenvalue weighted by Gasteiger charge is 2.18. The van der Waals surface area contributed by atoms with Crippen LogP contribution in [0.2, 0.25) is 0 Å². The number of rotatable bonds is 8. The van der Waals surface area contributed by atoms with Crippen molar-refractivity contribution in [1.82, 2.24) is 0 Å². The summed E-state index contributed by atoms with van der Waals surface area (Å²) in [6.45, 7) is 0. The molecule has 0 aliphatic heterocycles. The zero-order valence-corrected chi connectivity index (χ0v) is 13.7. The van der Waals surface area contributed by atoms with E-state index in [0.717, 1.165) is 11.8 Å². The molecule has 1 atom stereocenters. The van der Waals surface area contributed by atoms with Crippen LogP contribution in [0.25, 0.3) is 0 Å². The highest BCUT2D eigenvalue weighted by atomic mass is 32.2. The zero-order valence-electron chi connectivity index (χ0n) is 12.8.